The highest BCUT2D eigenvalue weighted by atomic mass is 35.5. The summed E-state index contributed by atoms with van der Waals surface area (Å²) in [5, 5.41) is 13.9. The zero-order valence-corrected chi connectivity index (χ0v) is 19.2. The third kappa shape index (κ3) is 3.63. The number of aromatic carboxylic acids is 1. The van der Waals surface area contributed by atoms with Gasteiger partial charge in [-0.05, 0) is 61.4 Å². The molecule has 2 aromatic carbocycles. The number of nitrogens with one attached hydrogen (secondary N) is 1. The summed E-state index contributed by atoms with van der Waals surface area (Å²) in [6.45, 7) is 4.21. The van der Waals surface area contributed by atoms with Crippen LogP contribution in [0.15, 0.2) is 47.3 Å². The third-order valence-corrected chi connectivity index (χ3v) is 6.22. The lowest BCUT2D eigenvalue weighted by atomic mass is 10.0. The van der Waals surface area contributed by atoms with Crippen LogP contribution in [0.25, 0.3) is 22.3 Å². The average Bonchev–Trinajstić information content (AvgIpc) is 3.12. The summed E-state index contributed by atoms with van der Waals surface area (Å²) in [5.41, 5.74) is 4.09. The van der Waals surface area contributed by atoms with Crippen molar-refractivity contribution in [3.8, 4) is 11.4 Å². The van der Waals surface area contributed by atoms with Crippen molar-refractivity contribution in [2.24, 2.45) is 0 Å². The molecular formula is C24H18Cl2N4O3. The SMILES string of the molecule is Cc1cc([C@@H](C)Nc2ccc(Cl)nc2C(=O)O)c2nc3n(c(=O)c2c1)Cc1cc(Cl)ccc1-3. The quantitative estimate of drug-likeness (QED) is 0.338. The zero-order chi connectivity index (χ0) is 23.4. The maximum Gasteiger partial charge on any atom is 0.356 e. The van der Waals surface area contributed by atoms with Gasteiger partial charge in [0.05, 0.1) is 29.2 Å². The minimum absolute atomic E-state index is 0.0932. The fourth-order valence-electron chi connectivity index (χ4n) is 4.29. The van der Waals surface area contributed by atoms with Gasteiger partial charge in [-0.1, -0.05) is 29.3 Å². The average molecular weight is 481 g/mol. The molecule has 5 rings (SSSR count). The number of benzene rings is 2. The molecule has 3 heterocycles. The molecule has 0 amide bonds. The number of hydrogen-bond donors (Lipinski definition) is 2. The van der Waals surface area contributed by atoms with E-state index >= 15 is 0 Å². The molecule has 7 nitrogen and oxygen atoms in total. The number of carboxylic acid groups (broad SMARTS) is 1. The van der Waals surface area contributed by atoms with Gasteiger partial charge < -0.3 is 10.4 Å². The molecule has 9 heteroatoms. The van der Waals surface area contributed by atoms with Gasteiger partial charge in [0, 0.05) is 16.1 Å². The Morgan fingerprint density at radius 2 is 1.94 bits per heavy atom. The van der Waals surface area contributed by atoms with E-state index in [2.05, 4.69) is 10.3 Å². The standard InChI is InChI=1S/C24H18Cl2N4O3/c1-11-7-16(12(2)27-18-5-6-19(26)28-21(18)24(32)33)20-17(8-11)23(31)30-10-13-9-14(25)3-4-15(13)22(30)29-20/h3-9,12,27H,10H2,1-2H3,(H,32,33)/t12-/m1/s1. The van der Waals surface area contributed by atoms with Crippen LogP contribution < -0.4 is 10.9 Å². The van der Waals surface area contributed by atoms with E-state index in [1.54, 1.807) is 16.7 Å². The largest absolute Gasteiger partial charge is 0.476 e. The Hall–Kier alpha value is -3.42. The maximum atomic E-state index is 13.4. The van der Waals surface area contributed by atoms with E-state index in [4.69, 9.17) is 28.2 Å². The lowest BCUT2D eigenvalue weighted by molar-refractivity contribution is 0.0691. The molecule has 0 unspecified atom stereocenters. The molecule has 4 aromatic rings. The van der Waals surface area contributed by atoms with Crippen molar-refractivity contribution in [1.82, 2.24) is 14.5 Å². The number of aromatic nitrogens is 3. The number of pyridine rings is 1. The second kappa shape index (κ2) is 7.86. The van der Waals surface area contributed by atoms with Gasteiger partial charge >= 0.3 is 5.97 Å². The van der Waals surface area contributed by atoms with Gasteiger partial charge in [0.2, 0.25) is 0 Å². The van der Waals surface area contributed by atoms with E-state index in [1.807, 2.05) is 38.1 Å². The molecule has 0 spiro atoms. The molecule has 0 radical (unpaired) electrons. The van der Waals surface area contributed by atoms with Crippen molar-refractivity contribution < 1.29 is 9.90 Å². The van der Waals surface area contributed by atoms with Gasteiger partial charge in [0.25, 0.3) is 5.56 Å². The van der Waals surface area contributed by atoms with Gasteiger partial charge in [0.1, 0.15) is 11.0 Å². The topological polar surface area (TPSA) is 97.1 Å². The van der Waals surface area contributed by atoms with Crippen molar-refractivity contribution in [3.63, 3.8) is 0 Å². The molecule has 33 heavy (non-hydrogen) atoms. The molecule has 166 valence electrons. The van der Waals surface area contributed by atoms with Gasteiger partial charge in [-0.15, -0.1) is 0 Å². The first-order valence-electron chi connectivity index (χ1n) is 10.2. The Labute approximate surface area is 198 Å². The molecule has 0 fully saturated rings. The number of carbonyl (C=O) groups is 1. The summed E-state index contributed by atoms with van der Waals surface area (Å²) >= 11 is 12.0. The van der Waals surface area contributed by atoms with Crippen molar-refractivity contribution >= 4 is 45.8 Å². The summed E-state index contributed by atoms with van der Waals surface area (Å²) in [5.74, 6) is -0.596. The molecule has 1 aliphatic rings. The fourth-order valence-corrected chi connectivity index (χ4v) is 4.63. The number of fused-ring (bicyclic) bond motifs is 4. The van der Waals surface area contributed by atoms with Gasteiger partial charge in [-0.2, -0.15) is 0 Å². The Morgan fingerprint density at radius 1 is 1.15 bits per heavy atom. The van der Waals surface area contributed by atoms with E-state index in [-0.39, 0.29) is 22.4 Å². The van der Waals surface area contributed by atoms with Crippen LogP contribution in [0.1, 0.15) is 40.1 Å². The second-order valence-corrected chi connectivity index (χ2v) is 8.90. The number of rotatable bonds is 4. The van der Waals surface area contributed by atoms with E-state index in [0.29, 0.717) is 34.0 Å². The molecule has 1 aliphatic heterocycles. The van der Waals surface area contributed by atoms with E-state index < -0.39 is 5.97 Å². The van der Waals surface area contributed by atoms with Gasteiger partial charge in [-0.25, -0.2) is 14.8 Å². The predicted octanol–water partition coefficient (Wildman–Crippen LogP) is 5.31. The van der Waals surface area contributed by atoms with Crippen molar-refractivity contribution in [3.05, 3.63) is 85.4 Å². The smallest absolute Gasteiger partial charge is 0.356 e. The zero-order valence-electron chi connectivity index (χ0n) is 17.7. The Kier molecular flexibility index (Phi) is 5.11. The Bertz CT molecular complexity index is 1530. The lowest BCUT2D eigenvalue weighted by Crippen LogP contribution is -2.22. The highest BCUT2D eigenvalue weighted by molar-refractivity contribution is 6.30. The first-order valence-corrected chi connectivity index (χ1v) is 11.0. The number of anilines is 1. The highest BCUT2D eigenvalue weighted by Crippen LogP contribution is 2.34. The van der Waals surface area contributed by atoms with Gasteiger partial charge in [-0.3, -0.25) is 9.36 Å². The van der Waals surface area contributed by atoms with Crippen LogP contribution in [0, 0.1) is 6.92 Å². The van der Waals surface area contributed by atoms with E-state index in [0.717, 1.165) is 22.3 Å². The number of carboxylic acids is 1. The van der Waals surface area contributed by atoms with Gasteiger partial charge in [0.15, 0.2) is 5.69 Å². The van der Waals surface area contributed by atoms with E-state index in [9.17, 15) is 14.7 Å². The Morgan fingerprint density at radius 3 is 2.70 bits per heavy atom. The number of aryl methyl sites for hydroxylation is 1. The van der Waals surface area contributed by atoms with Crippen LogP contribution in [-0.4, -0.2) is 25.6 Å². The minimum atomic E-state index is -1.19. The summed E-state index contributed by atoms with van der Waals surface area (Å²) in [4.78, 5) is 33.9. The lowest BCUT2D eigenvalue weighted by Gasteiger charge is -2.19. The normalized spacial score (nSPS) is 13.0. The number of nitrogens with zero attached hydrogens (tertiary/aromatic N) is 3. The minimum Gasteiger partial charge on any atom is -0.476 e. The monoisotopic (exact) mass is 480 g/mol. The first kappa shape index (κ1) is 21.4. The van der Waals surface area contributed by atoms with E-state index in [1.165, 1.54) is 6.07 Å². The van der Waals surface area contributed by atoms with Crippen LogP contribution >= 0.6 is 23.2 Å². The van der Waals surface area contributed by atoms with Crippen molar-refractivity contribution in [2.75, 3.05) is 5.32 Å². The molecule has 0 saturated carbocycles. The molecule has 2 aromatic heterocycles. The van der Waals surface area contributed by atoms with Crippen molar-refractivity contribution in [2.45, 2.75) is 26.4 Å². The van der Waals surface area contributed by atoms with Crippen LogP contribution in [0.2, 0.25) is 10.2 Å². The first-order chi connectivity index (χ1) is 15.7. The summed E-state index contributed by atoms with van der Waals surface area (Å²) in [6, 6.07) is 12.0. The molecule has 0 saturated heterocycles. The fraction of sp³-hybridized carbons (Fsp3) is 0.167. The van der Waals surface area contributed by atoms with Crippen LogP contribution in [0.5, 0.6) is 0 Å². The number of hydrogen-bond acceptors (Lipinski definition) is 5. The second-order valence-electron chi connectivity index (χ2n) is 8.08. The third-order valence-electron chi connectivity index (χ3n) is 5.77. The summed E-state index contributed by atoms with van der Waals surface area (Å²) in [7, 11) is 0. The van der Waals surface area contributed by atoms with Crippen molar-refractivity contribution in [1.29, 1.82) is 0 Å². The molecule has 0 bridgehead atoms. The summed E-state index contributed by atoms with van der Waals surface area (Å²) < 4.78 is 1.66. The maximum absolute atomic E-state index is 13.4. The number of halogens is 2. The predicted molar refractivity (Wildman–Crippen MR) is 129 cm³/mol. The molecule has 2 N–H and O–H groups in total. The molecular weight excluding hydrogens is 463 g/mol. The molecule has 0 aliphatic carbocycles. The Balaban J connectivity index is 1.66. The molecule has 1 atom stereocenters. The summed E-state index contributed by atoms with van der Waals surface area (Å²) in [6.07, 6.45) is 0. The van der Waals surface area contributed by atoms with Crippen LogP contribution in [-0.2, 0) is 6.54 Å². The van der Waals surface area contributed by atoms with Crippen LogP contribution in [0.3, 0.4) is 0 Å². The van der Waals surface area contributed by atoms with Crippen LogP contribution in [0.4, 0.5) is 5.69 Å². The highest BCUT2D eigenvalue weighted by Gasteiger charge is 2.25.